The summed E-state index contributed by atoms with van der Waals surface area (Å²) in [4.78, 5) is 35.2. The Labute approximate surface area is 166 Å². The minimum atomic E-state index is -1.47. The second-order valence-electron chi connectivity index (χ2n) is 7.66. The Hall–Kier alpha value is -2.02. The van der Waals surface area contributed by atoms with Crippen molar-refractivity contribution in [2.24, 2.45) is 11.8 Å². The molecule has 1 rings (SSSR count). The summed E-state index contributed by atoms with van der Waals surface area (Å²) < 4.78 is 0. The number of hydrogen-bond donors (Lipinski definition) is 4. The molecule has 0 saturated carbocycles. The number of amides is 2. The number of benzene rings is 1. The van der Waals surface area contributed by atoms with Crippen molar-refractivity contribution in [2.45, 2.75) is 57.9 Å². The summed E-state index contributed by atoms with van der Waals surface area (Å²) in [5.74, 6) is -1.83. The maximum atomic E-state index is 12.9. The summed E-state index contributed by atoms with van der Waals surface area (Å²) in [7, 11) is 0. The lowest BCUT2D eigenvalue weighted by Gasteiger charge is -2.31. The van der Waals surface area contributed by atoms with Crippen LogP contribution >= 0.6 is 12.6 Å². The Kier molecular flexibility index (Phi) is 8.82. The maximum absolute atomic E-state index is 12.9. The normalized spacial score (nSPS) is 14.5. The van der Waals surface area contributed by atoms with E-state index < -0.39 is 22.8 Å². The van der Waals surface area contributed by atoms with Gasteiger partial charge in [0.25, 0.3) is 5.91 Å². The van der Waals surface area contributed by atoms with Crippen LogP contribution in [0.5, 0.6) is 0 Å². The van der Waals surface area contributed by atoms with Gasteiger partial charge in [0.2, 0.25) is 5.91 Å². The van der Waals surface area contributed by atoms with Crippen LogP contribution in [0.4, 0.5) is 0 Å². The molecule has 1 aromatic rings. The van der Waals surface area contributed by atoms with Gasteiger partial charge in [-0.15, -0.1) is 12.6 Å². The molecule has 0 fully saturated rings. The van der Waals surface area contributed by atoms with E-state index in [4.69, 9.17) is 0 Å². The van der Waals surface area contributed by atoms with Crippen LogP contribution in [-0.2, 0) is 20.8 Å². The molecule has 1 unspecified atom stereocenters. The van der Waals surface area contributed by atoms with Gasteiger partial charge < -0.3 is 15.7 Å². The van der Waals surface area contributed by atoms with E-state index in [-0.39, 0.29) is 37.0 Å². The van der Waals surface area contributed by atoms with Gasteiger partial charge in [0, 0.05) is 12.8 Å². The first-order chi connectivity index (χ1) is 12.5. The van der Waals surface area contributed by atoms with Crippen LogP contribution in [0.2, 0.25) is 0 Å². The number of nitrogens with one attached hydrogen (secondary N) is 2. The smallest absolute Gasteiger partial charge is 0.326 e. The number of thiol groups is 1. The Morgan fingerprint density at radius 3 is 2.15 bits per heavy atom. The fraction of sp³-hybridized carbons (Fsp3) is 0.550. The quantitative estimate of drug-likeness (QED) is 0.362. The van der Waals surface area contributed by atoms with E-state index in [9.17, 15) is 19.5 Å². The molecule has 7 heteroatoms. The third-order valence-corrected chi connectivity index (χ3v) is 4.40. The van der Waals surface area contributed by atoms with Gasteiger partial charge in [-0.3, -0.25) is 9.59 Å². The van der Waals surface area contributed by atoms with Crippen LogP contribution in [0.1, 0.15) is 46.1 Å². The average Bonchev–Trinajstić information content (AvgIpc) is 2.53. The highest BCUT2D eigenvalue weighted by Gasteiger charge is 2.38. The minimum Gasteiger partial charge on any atom is -0.480 e. The van der Waals surface area contributed by atoms with Gasteiger partial charge in [0.05, 0.1) is 0 Å². The number of aliphatic carboxylic acids is 1. The number of rotatable bonds is 10. The number of carbonyl (C=O) groups is 3. The zero-order valence-corrected chi connectivity index (χ0v) is 17.3. The molecule has 2 atom stereocenters. The van der Waals surface area contributed by atoms with Crippen LogP contribution in [-0.4, -0.2) is 33.8 Å². The van der Waals surface area contributed by atoms with Crippen molar-refractivity contribution in [3.63, 3.8) is 0 Å². The standard InChI is InChI=1S/C20H30N2O4S/c1-13(2)10-17(23)22-20(27,12-14(3)4)19(26)21-16(18(24)25)11-15-8-6-5-7-9-15/h5-9,13-14,16,27H,10-12H2,1-4H3,(H,21,26)(H,22,23)(H,24,25)/t16-,20?/m0/s1. The highest BCUT2D eigenvalue weighted by atomic mass is 32.1. The number of carboxylic acid groups (broad SMARTS) is 1. The summed E-state index contributed by atoms with van der Waals surface area (Å²) in [6, 6.07) is 7.95. The average molecular weight is 395 g/mol. The Morgan fingerprint density at radius 1 is 1.07 bits per heavy atom. The molecule has 0 radical (unpaired) electrons. The van der Waals surface area contributed by atoms with Crippen LogP contribution in [0.3, 0.4) is 0 Å². The molecular formula is C20H30N2O4S. The molecule has 0 aliphatic rings. The highest BCUT2D eigenvalue weighted by molar-refractivity contribution is 7.82. The van der Waals surface area contributed by atoms with Gasteiger partial charge in [-0.1, -0.05) is 58.0 Å². The zero-order chi connectivity index (χ0) is 20.6. The van der Waals surface area contributed by atoms with Gasteiger partial charge in [0.15, 0.2) is 4.87 Å². The lowest BCUT2D eigenvalue weighted by atomic mass is 10.00. The topological polar surface area (TPSA) is 95.5 Å². The van der Waals surface area contributed by atoms with Gasteiger partial charge in [-0.05, 0) is 23.8 Å². The van der Waals surface area contributed by atoms with Crippen LogP contribution in [0, 0.1) is 11.8 Å². The highest BCUT2D eigenvalue weighted by Crippen LogP contribution is 2.23. The Balaban J connectivity index is 2.94. The molecular weight excluding hydrogens is 364 g/mol. The number of carbonyl (C=O) groups excluding carboxylic acids is 2. The fourth-order valence-corrected chi connectivity index (χ4v) is 3.33. The van der Waals surface area contributed by atoms with Gasteiger partial charge in [0.1, 0.15) is 6.04 Å². The van der Waals surface area contributed by atoms with Crippen molar-refractivity contribution in [1.82, 2.24) is 10.6 Å². The predicted octanol–water partition coefficient (Wildman–Crippen LogP) is 2.63. The summed E-state index contributed by atoms with van der Waals surface area (Å²) in [6.45, 7) is 7.63. The lowest BCUT2D eigenvalue weighted by Crippen LogP contribution is -2.59. The van der Waals surface area contributed by atoms with Gasteiger partial charge in [-0.25, -0.2) is 4.79 Å². The van der Waals surface area contributed by atoms with Crippen molar-refractivity contribution < 1.29 is 19.5 Å². The molecule has 0 aliphatic heterocycles. The third kappa shape index (κ3) is 8.03. The molecule has 1 aromatic carbocycles. The summed E-state index contributed by atoms with van der Waals surface area (Å²) in [5, 5.41) is 14.7. The molecule has 6 nitrogen and oxygen atoms in total. The summed E-state index contributed by atoms with van der Waals surface area (Å²) in [5.41, 5.74) is 0.794. The molecule has 0 aromatic heterocycles. The minimum absolute atomic E-state index is 0.0741. The SMILES string of the molecule is CC(C)CC(=O)NC(S)(CC(C)C)C(=O)N[C@@H](Cc1ccccc1)C(=O)O. The molecule has 0 bridgehead atoms. The number of carboxylic acids is 1. The third-order valence-electron chi connectivity index (χ3n) is 3.91. The van der Waals surface area contributed by atoms with Crippen molar-refractivity contribution in [2.75, 3.05) is 0 Å². The van der Waals surface area contributed by atoms with E-state index in [0.29, 0.717) is 0 Å². The summed E-state index contributed by atoms with van der Waals surface area (Å²) >= 11 is 4.45. The maximum Gasteiger partial charge on any atom is 0.326 e. The predicted molar refractivity (Wildman–Crippen MR) is 108 cm³/mol. The molecule has 150 valence electrons. The molecule has 2 amide bonds. The second-order valence-corrected chi connectivity index (χ2v) is 8.42. The van der Waals surface area contributed by atoms with E-state index in [1.807, 2.05) is 45.9 Å². The molecule has 3 N–H and O–H groups in total. The van der Waals surface area contributed by atoms with Crippen LogP contribution in [0.25, 0.3) is 0 Å². The second kappa shape index (κ2) is 10.3. The van der Waals surface area contributed by atoms with Crippen molar-refractivity contribution in [3.05, 3.63) is 35.9 Å². The monoisotopic (exact) mass is 394 g/mol. The fourth-order valence-electron chi connectivity index (χ4n) is 2.77. The van der Waals surface area contributed by atoms with Crippen molar-refractivity contribution in [1.29, 1.82) is 0 Å². The van der Waals surface area contributed by atoms with E-state index in [1.54, 1.807) is 12.1 Å². The lowest BCUT2D eigenvalue weighted by molar-refractivity contribution is -0.142. The Morgan fingerprint density at radius 2 is 1.67 bits per heavy atom. The van der Waals surface area contributed by atoms with Crippen LogP contribution < -0.4 is 10.6 Å². The molecule has 0 saturated heterocycles. The molecule has 0 spiro atoms. The van der Waals surface area contributed by atoms with E-state index in [1.165, 1.54) is 0 Å². The van der Waals surface area contributed by atoms with Gasteiger partial charge >= 0.3 is 5.97 Å². The van der Waals surface area contributed by atoms with Crippen molar-refractivity contribution >= 4 is 30.4 Å². The van der Waals surface area contributed by atoms with E-state index >= 15 is 0 Å². The van der Waals surface area contributed by atoms with E-state index in [0.717, 1.165) is 5.56 Å². The molecule has 27 heavy (non-hydrogen) atoms. The molecule has 0 aliphatic carbocycles. The largest absolute Gasteiger partial charge is 0.480 e. The molecule has 0 heterocycles. The van der Waals surface area contributed by atoms with Gasteiger partial charge in [-0.2, -0.15) is 0 Å². The zero-order valence-electron chi connectivity index (χ0n) is 16.4. The first-order valence-electron chi connectivity index (χ1n) is 9.14. The first-order valence-corrected chi connectivity index (χ1v) is 9.59. The van der Waals surface area contributed by atoms with E-state index in [2.05, 4.69) is 23.3 Å². The van der Waals surface area contributed by atoms with Crippen LogP contribution in [0.15, 0.2) is 30.3 Å². The number of hydrogen-bond acceptors (Lipinski definition) is 4. The Bertz CT molecular complexity index is 649. The summed E-state index contributed by atoms with van der Waals surface area (Å²) in [6.07, 6.45) is 0.691. The van der Waals surface area contributed by atoms with Crippen molar-refractivity contribution in [3.8, 4) is 0 Å². The first kappa shape index (κ1) is 23.0.